The first-order chi connectivity index (χ1) is 4.22. The third-order valence-electron chi connectivity index (χ3n) is 0.839. The van der Waals surface area contributed by atoms with E-state index in [9.17, 15) is 0 Å². The van der Waals surface area contributed by atoms with Gasteiger partial charge in [0.1, 0.15) is 0 Å². The molecule has 0 heterocycles. The van der Waals surface area contributed by atoms with Crippen LogP contribution in [0.5, 0.6) is 0 Å². The molecule has 0 unspecified atom stereocenters. The lowest BCUT2D eigenvalue weighted by Crippen LogP contribution is -1.74. The minimum atomic E-state index is 1.08. The molecule has 0 bridgehead atoms. The third-order valence-corrected chi connectivity index (χ3v) is 4.73. The van der Waals surface area contributed by atoms with Crippen LogP contribution in [0.2, 0.25) is 0 Å². The van der Waals surface area contributed by atoms with E-state index in [1.54, 1.807) is 0 Å². The molecule has 0 saturated carbocycles. The van der Waals surface area contributed by atoms with Gasteiger partial charge in [0.15, 0.2) is 0 Å². The Bertz CT molecular complexity index is 202. The fourth-order valence-electron chi connectivity index (χ4n) is 0.429. The van der Waals surface area contributed by atoms with Gasteiger partial charge < -0.3 is 0 Å². The van der Waals surface area contributed by atoms with E-state index in [0.717, 1.165) is 8.95 Å². The Kier molecular flexibility index (Phi) is 2.98. The van der Waals surface area contributed by atoms with Crippen LogP contribution < -0.4 is 0 Å². The van der Waals surface area contributed by atoms with Crippen LogP contribution in [-0.4, -0.2) is 0 Å². The molecule has 1 radical (unpaired) electrons. The predicted octanol–water partition coefficient (Wildman–Crippen LogP) is 3.62. The lowest BCUT2D eigenvalue weighted by molar-refractivity contribution is 1.52. The minimum Gasteiger partial charge on any atom is -0.0496 e. The highest BCUT2D eigenvalue weighted by Crippen LogP contribution is 2.25. The maximum absolute atomic E-state index is 3.38. The van der Waals surface area contributed by atoms with Gasteiger partial charge in [-0.25, -0.2) is 0 Å². The highest BCUT2D eigenvalue weighted by molar-refractivity contribution is 14.1. The highest BCUT2D eigenvalue weighted by atomic mass is 127. The average molecular weight is 361 g/mol. The first-order valence-electron chi connectivity index (χ1n) is 2.22. The van der Waals surface area contributed by atoms with Crippen LogP contribution >= 0.6 is 54.5 Å². The zero-order valence-corrected chi connectivity index (χ0v) is 9.62. The molecule has 1 aromatic rings. The van der Waals surface area contributed by atoms with Crippen molar-refractivity contribution in [1.82, 2.24) is 0 Å². The molecule has 0 aromatic heterocycles. The fourth-order valence-corrected chi connectivity index (χ4v) is 1.70. The third kappa shape index (κ3) is 1.91. The van der Waals surface area contributed by atoms with Crippen molar-refractivity contribution in [2.24, 2.45) is 0 Å². The van der Waals surface area contributed by atoms with E-state index in [2.05, 4.69) is 60.5 Å². The average Bonchev–Trinajstić information content (AvgIpc) is 1.83. The monoisotopic (exact) mass is 359 g/mol. The van der Waals surface area contributed by atoms with Crippen molar-refractivity contribution in [2.75, 3.05) is 0 Å². The summed E-state index contributed by atoms with van der Waals surface area (Å²) in [5.74, 6) is 0. The second kappa shape index (κ2) is 3.34. The van der Waals surface area contributed by atoms with Crippen molar-refractivity contribution >= 4 is 54.5 Å². The second-order valence-corrected chi connectivity index (χ2v) is 4.25. The number of rotatable bonds is 0. The molecule has 0 amide bonds. The van der Waals surface area contributed by atoms with Gasteiger partial charge in [-0.15, -0.1) is 0 Å². The molecule has 0 aliphatic rings. The topological polar surface area (TPSA) is 0 Å². The summed E-state index contributed by atoms with van der Waals surface area (Å²) in [6.07, 6.45) is 0. The van der Waals surface area contributed by atoms with E-state index < -0.39 is 0 Å². The number of benzene rings is 1. The van der Waals surface area contributed by atoms with Crippen molar-refractivity contribution in [3.05, 3.63) is 30.7 Å². The molecule has 9 heavy (non-hydrogen) atoms. The molecule has 47 valence electrons. The van der Waals surface area contributed by atoms with Crippen LogP contribution in [0.1, 0.15) is 0 Å². The fraction of sp³-hybridized carbons (Fsp3) is 0. The summed E-state index contributed by atoms with van der Waals surface area (Å²) in [7, 11) is 0. The van der Waals surface area contributed by atoms with Gasteiger partial charge in [-0.05, 0) is 72.6 Å². The lowest BCUT2D eigenvalue weighted by atomic mass is 10.4. The molecular formula is C6H2Br2I. The number of hydrogen-bond acceptors (Lipinski definition) is 0. The Labute approximate surface area is 84.4 Å². The molecular weight excluding hydrogens is 359 g/mol. The first kappa shape index (κ1) is 8.01. The molecule has 1 aromatic carbocycles. The van der Waals surface area contributed by atoms with E-state index in [1.807, 2.05) is 12.1 Å². The van der Waals surface area contributed by atoms with Crippen LogP contribution in [0.15, 0.2) is 21.1 Å². The summed E-state index contributed by atoms with van der Waals surface area (Å²) < 4.78 is 3.35. The molecule has 1 rings (SSSR count). The van der Waals surface area contributed by atoms with Gasteiger partial charge in [0, 0.05) is 12.5 Å². The van der Waals surface area contributed by atoms with Crippen molar-refractivity contribution in [3.63, 3.8) is 0 Å². The summed E-state index contributed by atoms with van der Waals surface area (Å²) in [5, 5.41) is 0. The molecule has 0 fully saturated rings. The molecule has 0 nitrogen and oxygen atoms in total. The Balaban J connectivity index is 3.25. The van der Waals surface area contributed by atoms with E-state index in [0.29, 0.717) is 0 Å². The summed E-state index contributed by atoms with van der Waals surface area (Å²) in [5.41, 5.74) is 0. The van der Waals surface area contributed by atoms with E-state index in [-0.39, 0.29) is 0 Å². The van der Waals surface area contributed by atoms with Crippen molar-refractivity contribution in [2.45, 2.75) is 0 Å². The molecule has 0 saturated heterocycles. The maximum atomic E-state index is 3.38. The van der Waals surface area contributed by atoms with Crippen molar-refractivity contribution in [3.8, 4) is 0 Å². The van der Waals surface area contributed by atoms with Crippen LogP contribution in [0.25, 0.3) is 0 Å². The van der Waals surface area contributed by atoms with Crippen molar-refractivity contribution in [1.29, 1.82) is 0 Å². The Morgan fingerprint density at radius 1 is 1.22 bits per heavy atom. The Hall–Kier alpha value is 0.910. The highest BCUT2D eigenvalue weighted by Gasteiger charge is 1.97. The normalized spacial score (nSPS) is 9.67. The summed E-state index contributed by atoms with van der Waals surface area (Å²) in [6, 6.07) is 6.76. The maximum Gasteiger partial charge on any atom is 0.0415 e. The zero-order valence-electron chi connectivity index (χ0n) is 4.29. The SMILES string of the molecule is Brc1c[c]cc(Br)c1I. The summed E-state index contributed by atoms with van der Waals surface area (Å²) in [6.45, 7) is 0. The van der Waals surface area contributed by atoms with Gasteiger partial charge in [-0.1, -0.05) is 0 Å². The minimum absolute atomic E-state index is 1.08. The zero-order chi connectivity index (χ0) is 6.85. The Morgan fingerprint density at radius 2 is 1.67 bits per heavy atom. The molecule has 3 heteroatoms. The van der Waals surface area contributed by atoms with Crippen LogP contribution in [0.4, 0.5) is 0 Å². The second-order valence-electron chi connectivity index (χ2n) is 1.47. The van der Waals surface area contributed by atoms with Crippen LogP contribution in [-0.2, 0) is 0 Å². The standard InChI is InChI=1S/C6H2Br2I/c7-4-2-1-3-5(8)6(4)9/h2-3H. The van der Waals surface area contributed by atoms with Gasteiger partial charge in [-0.2, -0.15) is 0 Å². The number of halogens is 3. The van der Waals surface area contributed by atoms with Crippen LogP contribution in [0, 0.1) is 9.64 Å². The van der Waals surface area contributed by atoms with Gasteiger partial charge >= 0.3 is 0 Å². The van der Waals surface area contributed by atoms with E-state index in [4.69, 9.17) is 0 Å². The molecule has 0 N–H and O–H groups in total. The smallest absolute Gasteiger partial charge is 0.0415 e. The van der Waals surface area contributed by atoms with E-state index >= 15 is 0 Å². The van der Waals surface area contributed by atoms with Crippen LogP contribution in [0.3, 0.4) is 0 Å². The first-order valence-corrected chi connectivity index (χ1v) is 4.89. The molecule has 0 aliphatic heterocycles. The largest absolute Gasteiger partial charge is 0.0496 e. The van der Waals surface area contributed by atoms with E-state index in [1.165, 1.54) is 3.57 Å². The predicted molar refractivity (Wildman–Crippen MR) is 53.4 cm³/mol. The molecule has 0 atom stereocenters. The quantitative estimate of drug-likeness (QED) is 0.490. The summed E-state index contributed by atoms with van der Waals surface area (Å²) in [4.78, 5) is 0. The summed E-state index contributed by atoms with van der Waals surface area (Å²) >= 11 is 9.01. The molecule has 0 aliphatic carbocycles. The van der Waals surface area contributed by atoms with Gasteiger partial charge in [0.05, 0.1) is 0 Å². The van der Waals surface area contributed by atoms with Gasteiger partial charge in [0.25, 0.3) is 0 Å². The van der Waals surface area contributed by atoms with Crippen molar-refractivity contribution < 1.29 is 0 Å². The molecule has 0 spiro atoms. The van der Waals surface area contributed by atoms with Gasteiger partial charge in [-0.3, -0.25) is 0 Å². The number of hydrogen-bond donors (Lipinski definition) is 0. The lowest BCUT2D eigenvalue weighted by Gasteiger charge is -1.95. The Morgan fingerprint density at radius 3 is 2.00 bits per heavy atom. The van der Waals surface area contributed by atoms with Gasteiger partial charge in [0.2, 0.25) is 0 Å².